The van der Waals surface area contributed by atoms with Gasteiger partial charge in [0.2, 0.25) is 0 Å². The molecule has 2 rings (SSSR count). The van der Waals surface area contributed by atoms with Gasteiger partial charge in [-0.2, -0.15) is 0 Å². The molecule has 1 fully saturated rings. The van der Waals surface area contributed by atoms with E-state index in [1.807, 2.05) is 0 Å². The van der Waals surface area contributed by atoms with Crippen LogP contribution in [0.1, 0.15) is 13.3 Å². The van der Waals surface area contributed by atoms with Crippen molar-refractivity contribution in [1.29, 1.82) is 0 Å². The second kappa shape index (κ2) is 5.44. The standard InChI is InChI=1S/C13H19N3O3/c1-9-6-10(8-15(9)2)14-12-7-11(16(17)18)4-5-13(12)19-3/h4-5,7,9-10,14H,6,8H2,1-3H3. The molecule has 1 aromatic rings. The zero-order chi connectivity index (χ0) is 14.0. The van der Waals surface area contributed by atoms with Crippen molar-refractivity contribution in [1.82, 2.24) is 4.90 Å². The molecule has 0 radical (unpaired) electrons. The van der Waals surface area contributed by atoms with E-state index in [0.717, 1.165) is 13.0 Å². The minimum Gasteiger partial charge on any atom is -0.495 e. The van der Waals surface area contributed by atoms with Gasteiger partial charge in [-0.05, 0) is 26.5 Å². The number of ether oxygens (including phenoxy) is 1. The fraction of sp³-hybridized carbons (Fsp3) is 0.538. The summed E-state index contributed by atoms with van der Waals surface area (Å²) in [6.07, 6.45) is 1.02. The van der Waals surface area contributed by atoms with Crippen LogP contribution in [0.4, 0.5) is 11.4 Å². The topological polar surface area (TPSA) is 67.6 Å². The van der Waals surface area contributed by atoms with Crippen LogP contribution >= 0.6 is 0 Å². The average molecular weight is 265 g/mol. The zero-order valence-electron chi connectivity index (χ0n) is 11.4. The van der Waals surface area contributed by atoms with Gasteiger partial charge in [0, 0.05) is 30.8 Å². The first-order valence-corrected chi connectivity index (χ1v) is 6.30. The van der Waals surface area contributed by atoms with Gasteiger partial charge in [0.1, 0.15) is 5.75 Å². The number of benzene rings is 1. The van der Waals surface area contributed by atoms with E-state index in [9.17, 15) is 10.1 Å². The third kappa shape index (κ3) is 2.96. The number of hydrogen-bond donors (Lipinski definition) is 1. The van der Waals surface area contributed by atoms with Gasteiger partial charge in [0.05, 0.1) is 17.7 Å². The van der Waals surface area contributed by atoms with E-state index in [-0.39, 0.29) is 11.7 Å². The van der Waals surface area contributed by atoms with Crippen LogP contribution in [-0.2, 0) is 0 Å². The van der Waals surface area contributed by atoms with Crippen molar-refractivity contribution in [3.05, 3.63) is 28.3 Å². The number of anilines is 1. The first kappa shape index (κ1) is 13.6. The van der Waals surface area contributed by atoms with E-state index in [1.54, 1.807) is 13.2 Å². The molecule has 1 aromatic carbocycles. The molecule has 104 valence electrons. The lowest BCUT2D eigenvalue weighted by molar-refractivity contribution is -0.384. The zero-order valence-corrected chi connectivity index (χ0v) is 11.4. The molecule has 0 aromatic heterocycles. The molecule has 0 bridgehead atoms. The van der Waals surface area contributed by atoms with E-state index < -0.39 is 4.92 Å². The van der Waals surface area contributed by atoms with E-state index in [0.29, 0.717) is 17.5 Å². The number of methoxy groups -OCH3 is 1. The SMILES string of the molecule is COc1ccc([N+](=O)[O-])cc1NC1CC(C)N(C)C1. The normalized spacial score (nSPS) is 23.3. The van der Waals surface area contributed by atoms with E-state index in [4.69, 9.17) is 4.74 Å². The molecule has 1 aliphatic heterocycles. The molecular formula is C13H19N3O3. The first-order chi connectivity index (χ1) is 9.01. The molecule has 2 atom stereocenters. The predicted molar refractivity (Wildman–Crippen MR) is 73.8 cm³/mol. The Morgan fingerprint density at radius 2 is 2.26 bits per heavy atom. The van der Waals surface area contributed by atoms with Crippen molar-refractivity contribution in [3.63, 3.8) is 0 Å². The Bertz CT molecular complexity index is 468. The molecule has 1 N–H and O–H groups in total. The number of nitrogens with zero attached hydrogens (tertiary/aromatic N) is 2. The summed E-state index contributed by atoms with van der Waals surface area (Å²) in [7, 11) is 3.65. The van der Waals surface area contributed by atoms with Crippen molar-refractivity contribution in [2.45, 2.75) is 25.4 Å². The molecule has 6 heteroatoms. The lowest BCUT2D eigenvalue weighted by Crippen LogP contribution is -2.25. The maximum atomic E-state index is 10.8. The quantitative estimate of drug-likeness (QED) is 0.667. The number of rotatable bonds is 4. The van der Waals surface area contributed by atoms with Crippen molar-refractivity contribution in [3.8, 4) is 5.75 Å². The summed E-state index contributed by atoms with van der Waals surface area (Å²) in [6.45, 7) is 3.10. The van der Waals surface area contributed by atoms with Gasteiger partial charge < -0.3 is 15.0 Å². The molecule has 1 saturated heterocycles. The highest BCUT2D eigenvalue weighted by Gasteiger charge is 2.26. The van der Waals surface area contributed by atoms with E-state index >= 15 is 0 Å². The Balaban J connectivity index is 2.18. The van der Waals surface area contributed by atoms with Gasteiger partial charge >= 0.3 is 0 Å². The molecule has 1 heterocycles. The molecular weight excluding hydrogens is 246 g/mol. The highest BCUT2D eigenvalue weighted by atomic mass is 16.6. The van der Waals surface area contributed by atoms with Crippen molar-refractivity contribution in [2.75, 3.05) is 26.0 Å². The van der Waals surface area contributed by atoms with Crippen molar-refractivity contribution in [2.24, 2.45) is 0 Å². The van der Waals surface area contributed by atoms with Crippen molar-refractivity contribution >= 4 is 11.4 Å². The highest BCUT2D eigenvalue weighted by molar-refractivity contribution is 5.62. The Kier molecular flexibility index (Phi) is 3.90. The van der Waals surface area contributed by atoms with Crippen LogP contribution < -0.4 is 10.1 Å². The van der Waals surface area contributed by atoms with Crippen molar-refractivity contribution < 1.29 is 9.66 Å². The Morgan fingerprint density at radius 1 is 1.53 bits per heavy atom. The van der Waals surface area contributed by atoms with Gasteiger partial charge in [-0.15, -0.1) is 0 Å². The van der Waals surface area contributed by atoms with Gasteiger partial charge in [0.15, 0.2) is 0 Å². The number of nitrogens with one attached hydrogen (secondary N) is 1. The van der Waals surface area contributed by atoms with E-state index in [2.05, 4.69) is 24.2 Å². The molecule has 6 nitrogen and oxygen atoms in total. The van der Waals surface area contributed by atoms with Crippen LogP contribution in [-0.4, -0.2) is 42.6 Å². The molecule has 0 saturated carbocycles. The number of hydrogen-bond acceptors (Lipinski definition) is 5. The number of non-ortho nitro benzene ring substituents is 1. The Labute approximate surface area is 112 Å². The van der Waals surface area contributed by atoms with Crippen LogP contribution in [0.3, 0.4) is 0 Å². The van der Waals surface area contributed by atoms with Gasteiger partial charge in [-0.1, -0.05) is 0 Å². The summed E-state index contributed by atoms with van der Waals surface area (Å²) in [5.74, 6) is 0.632. The number of nitro groups is 1. The van der Waals surface area contributed by atoms with Crippen LogP contribution in [0.5, 0.6) is 5.75 Å². The minimum atomic E-state index is -0.395. The second-order valence-corrected chi connectivity index (χ2v) is 5.01. The fourth-order valence-electron chi connectivity index (χ4n) is 2.44. The fourth-order valence-corrected chi connectivity index (χ4v) is 2.44. The lowest BCUT2D eigenvalue weighted by Gasteiger charge is -2.16. The average Bonchev–Trinajstić information content (AvgIpc) is 2.68. The third-order valence-corrected chi connectivity index (χ3v) is 3.64. The summed E-state index contributed by atoms with van der Waals surface area (Å²) in [4.78, 5) is 12.7. The number of nitro benzene ring substituents is 1. The molecule has 2 unspecified atom stereocenters. The predicted octanol–water partition coefficient (Wildman–Crippen LogP) is 2.11. The summed E-state index contributed by atoms with van der Waals surface area (Å²) in [5, 5.41) is 14.2. The maximum Gasteiger partial charge on any atom is 0.271 e. The van der Waals surface area contributed by atoms with Gasteiger partial charge in [-0.25, -0.2) is 0 Å². The molecule has 19 heavy (non-hydrogen) atoms. The second-order valence-electron chi connectivity index (χ2n) is 5.01. The van der Waals surface area contributed by atoms with Crippen LogP contribution in [0.25, 0.3) is 0 Å². The van der Waals surface area contributed by atoms with Crippen LogP contribution in [0.15, 0.2) is 18.2 Å². The number of likely N-dealkylation sites (tertiary alicyclic amines) is 1. The molecule has 0 spiro atoms. The lowest BCUT2D eigenvalue weighted by atomic mass is 10.1. The maximum absolute atomic E-state index is 10.8. The Morgan fingerprint density at radius 3 is 2.79 bits per heavy atom. The smallest absolute Gasteiger partial charge is 0.271 e. The van der Waals surface area contributed by atoms with Crippen LogP contribution in [0, 0.1) is 10.1 Å². The first-order valence-electron chi connectivity index (χ1n) is 6.30. The molecule has 0 amide bonds. The molecule has 0 aliphatic carbocycles. The highest BCUT2D eigenvalue weighted by Crippen LogP contribution is 2.31. The minimum absolute atomic E-state index is 0.0719. The summed E-state index contributed by atoms with van der Waals surface area (Å²) < 4.78 is 5.25. The monoisotopic (exact) mass is 265 g/mol. The third-order valence-electron chi connectivity index (χ3n) is 3.64. The van der Waals surface area contributed by atoms with Gasteiger partial charge in [0.25, 0.3) is 5.69 Å². The summed E-state index contributed by atoms with van der Waals surface area (Å²) in [6, 6.07) is 5.41. The molecule has 1 aliphatic rings. The van der Waals surface area contributed by atoms with E-state index in [1.165, 1.54) is 12.1 Å². The largest absolute Gasteiger partial charge is 0.495 e. The summed E-state index contributed by atoms with van der Waals surface area (Å²) in [5.41, 5.74) is 0.756. The number of likely N-dealkylation sites (N-methyl/N-ethyl adjacent to an activating group) is 1. The van der Waals surface area contributed by atoms with Crippen LogP contribution in [0.2, 0.25) is 0 Å². The Hall–Kier alpha value is -1.82. The summed E-state index contributed by atoms with van der Waals surface area (Å²) >= 11 is 0. The van der Waals surface area contributed by atoms with Gasteiger partial charge in [-0.3, -0.25) is 10.1 Å².